The second-order valence-electron chi connectivity index (χ2n) is 7.32. The highest BCUT2D eigenvalue weighted by molar-refractivity contribution is 5.79. The first kappa shape index (κ1) is 20.6. The molecule has 26 heavy (non-hydrogen) atoms. The Balaban J connectivity index is 1.87. The van der Waals surface area contributed by atoms with Crippen molar-refractivity contribution in [2.75, 3.05) is 39.9 Å². The van der Waals surface area contributed by atoms with E-state index >= 15 is 0 Å². The van der Waals surface area contributed by atoms with Crippen molar-refractivity contribution in [3.63, 3.8) is 0 Å². The summed E-state index contributed by atoms with van der Waals surface area (Å²) in [6.07, 6.45) is 1.13. The average Bonchev–Trinajstić information content (AvgIpc) is 2.64. The van der Waals surface area contributed by atoms with Crippen molar-refractivity contribution < 1.29 is 9.13 Å². The number of aryl methyl sites for hydroxylation is 1. The van der Waals surface area contributed by atoms with Crippen molar-refractivity contribution in [2.45, 2.75) is 39.8 Å². The van der Waals surface area contributed by atoms with Crippen molar-refractivity contribution in [1.82, 2.24) is 15.5 Å². The van der Waals surface area contributed by atoms with Crippen molar-refractivity contribution in [1.29, 1.82) is 0 Å². The topological polar surface area (TPSA) is 48.9 Å². The van der Waals surface area contributed by atoms with Crippen LogP contribution in [0.4, 0.5) is 4.39 Å². The van der Waals surface area contributed by atoms with Crippen LogP contribution in [0.5, 0.6) is 0 Å². The van der Waals surface area contributed by atoms with Crippen LogP contribution in [0.2, 0.25) is 0 Å². The van der Waals surface area contributed by atoms with Gasteiger partial charge in [-0.05, 0) is 36.5 Å². The third kappa shape index (κ3) is 6.57. The van der Waals surface area contributed by atoms with Crippen molar-refractivity contribution >= 4 is 5.96 Å². The van der Waals surface area contributed by atoms with Crippen LogP contribution in [0.3, 0.4) is 0 Å². The minimum absolute atomic E-state index is 0.170. The molecule has 1 unspecified atom stereocenters. The summed E-state index contributed by atoms with van der Waals surface area (Å²) in [4.78, 5) is 6.80. The van der Waals surface area contributed by atoms with Gasteiger partial charge < -0.3 is 15.4 Å². The summed E-state index contributed by atoms with van der Waals surface area (Å²) in [5.74, 6) is 1.21. The van der Waals surface area contributed by atoms with Gasteiger partial charge in [-0.3, -0.25) is 9.89 Å². The molecule has 5 nitrogen and oxygen atoms in total. The molecule has 1 aromatic rings. The number of guanidine groups is 1. The Bertz CT molecular complexity index is 585. The number of hydrogen-bond acceptors (Lipinski definition) is 3. The molecule has 0 amide bonds. The fourth-order valence-corrected chi connectivity index (χ4v) is 3.22. The highest BCUT2D eigenvalue weighted by Gasteiger charge is 2.22. The highest BCUT2D eigenvalue weighted by atomic mass is 19.1. The van der Waals surface area contributed by atoms with Crippen LogP contribution >= 0.6 is 0 Å². The van der Waals surface area contributed by atoms with Gasteiger partial charge in [-0.15, -0.1) is 0 Å². The molecule has 2 rings (SSSR count). The maximum atomic E-state index is 13.7. The Morgan fingerprint density at radius 1 is 1.27 bits per heavy atom. The normalized spacial score (nSPS) is 17.4. The fraction of sp³-hybridized carbons (Fsp3) is 0.650. The summed E-state index contributed by atoms with van der Waals surface area (Å²) < 4.78 is 19.2. The van der Waals surface area contributed by atoms with Crippen molar-refractivity contribution in [3.05, 3.63) is 35.1 Å². The number of rotatable bonds is 7. The standard InChI is InChI=1S/C20H33FN4O/c1-15(2)11-18(25-7-9-26-10-8-25)14-24-20(22-4)23-13-17-6-5-16(3)19(21)12-17/h5-6,12,15,18H,7-11,13-14H2,1-4H3,(H2,22,23,24). The molecule has 1 fully saturated rings. The largest absolute Gasteiger partial charge is 0.379 e. The summed E-state index contributed by atoms with van der Waals surface area (Å²) >= 11 is 0. The summed E-state index contributed by atoms with van der Waals surface area (Å²) in [5.41, 5.74) is 1.57. The van der Waals surface area contributed by atoms with Crippen molar-refractivity contribution in [3.8, 4) is 0 Å². The Kier molecular flexibility index (Phi) is 8.32. The van der Waals surface area contributed by atoms with E-state index in [1.807, 2.05) is 6.07 Å². The van der Waals surface area contributed by atoms with E-state index in [2.05, 4.69) is 34.4 Å². The molecule has 1 aliphatic rings. The van der Waals surface area contributed by atoms with E-state index in [0.29, 0.717) is 24.1 Å². The molecule has 1 saturated heterocycles. The number of morpholine rings is 1. The van der Waals surface area contributed by atoms with E-state index in [-0.39, 0.29) is 5.82 Å². The summed E-state index contributed by atoms with van der Waals surface area (Å²) in [6, 6.07) is 5.77. The smallest absolute Gasteiger partial charge is 0.191 e. The Hall–Kier alpha value is -1.66. The molecule has 0 aliphatic carbocycles. The zero-order valence-electron chi connectivity index (χ0n) is 16.5. The number of nitrogens with one attached hydrogen (secondary N) is 2. The van der Waals surface area contributed by atoms with Gasteiger partial charge in [0.05, 0.1) is 13.2 Å². The maximum absolute atomic E-state index is 13.7. The van der Waals surface area contributed by atoms with Gasteiger partial charge in [0.1, 0.15) is 5.82 Å². The highest BCUT2D eigenvalue weighted by Crippen LogP contribution is 2.13. The maximum Gasteiger partial charge on any atom is 0.191 e. The lowest BCUT2D eigenvalue weighted by molar-refractivity contribution is 0.0132. The molecular formula is C20H33FN4O. The molecule has 1 heterocycles. The van der Waals surface area contributed by atoms with Crippen LogP contribution < -0.4 is 10.6 Å². The SMILES string of the molecule is CN=C(NCc1ccc(C)c(F)c1)NCC(CC(C)C)N1CCOCC1. The molecule has 2 N–H and O–H groups in total. The van der Waals surface area contributed by atoms with Gasteiger partial charge in [0.2, 0.25) is 0 Å². The summed E-state index contributed by atoms with van der Waals surface area (Å²) in [6.45, 7) is 11.2. The van der Waals surface area contributed by atoms with Gasteiger partial charge in [0.15, 0.2) is 5.96 Å². The zero-order chi connectivity index (χ0) is 18.9. The van der Waals surface area contributed by atoms with Crippen LogP contribution in [0.25, 0.3) is 0 Å². The number of benzene rings is 1. The van der Waals surface area contributed by atoms with E-state index in [4.69, 9.17) is 4.74 Å². The van der Waals surface area contributed by atoms with Crippen LogP contribution in [-0.2, 0) is 11.3 Å². The quantitative estimate of drug-likeness (QED) is 0.577. The average molecular weight is 365 g/mol. The van der Waals surface area contributed by atoms with E-state index < -0.39 is 0 Å². The lowest BCUT2D eigenvalue weighted by atomic mass is 10.0. The molecular weight excluding hydrogens is 331 g/mol. The number of halogens is 1. The third-order valence-corrected chi connectivity index (χ3v) is 4.73. The first-order valence-corrected chi connectivity index (χ1v) is 9.51. The summed E-state index contributed by atoms with van der Waals surface area (Å²) in [7, 11) is 1.76. The van der Waals surface area contributed by atoms with E-state index in [9.17, 15) is 4.39 Å². The second kappa shape index (κ2) is 10.5. The summed E-state index contributed by atoms with van der Waals surface area (Å²) in [5, 5.41) is 6.70. The molecule has 146 valence electrons. The number of aliphatic imine (C=N–C) groups is 1. The monoisotopic (exact) mass is 364 g/mol. The van der Waals surface area contributed by atoms with Gasteiger partial charge >= 0.3 is 0 Å². The van der Waals surface area contributed by atoms with Gasteiger partial charge in [-0.2, -0.15) is 0 Å². The molecule has 0 radical (unpaired) electrons. The first-order chi connectivity index (χ1) is 12.5. The molecule has 0 aromatic heterocycles. The fourth-order valence-electron chi connectivity index (χ4n) is 3.22. The molecule has 6 heteroatoms. The molecule has 0 bridgehead atoms. The van der Waals surface area contributed by atoms with Gasteiger partial charge in [0, 0.05) is 39.3 Å². The Morgan fingerprint density at radius 2 is 2.00 bits per heavy atom. The second-order valence-corrected chi connectivity index (χ2v) is 7.32. The minimum atomic E-state index is -0.170. The molecule has 1 aromatic carbocycles. The number of hydrogen-bond donors (Lipinski definition) is 2. The molecule has 0 saturated carbocycles. The Morgan fingerprint density at radius 3 is 2.62 bits per heavy atom. The minimum Gasteiger partial charge on any atom is -0.379 e. The van der Waals surface area contributed by atoms with Gasteiger partial charge in [0.25, 0.3) is 0 Å². The molecule has 1 atom stereocenters. The first-order valence-electron chi connectivity index (χ1n) is 9.51. The van der Waals surface area contributed by atoms with Crippen LogP contribution in [0, 0.1) is 18.7 Å². The van der Waals surface area contributed by atoms with Gasteiger partial charge in [-0.1, -0.05) is 26.0 Å². The van der Waals surface area contributed by atoms with E-state index in [0.717, 1.165) is 50.8 Å². The van der Waals surface area contributed by atoms with Crippen LogP contribution in [-0.4, -0.2) is 56.8 Å². The Labute approximate surface area is 157 Å². The number of ether oxygens (including phenoxy) is 1. The molecule has 0 spiro atoms. The van der Waals surface area contributed by atoms with Gasteiger partial charge in [-0.25, -0.2) is 4.39 Å². The van der Waals surface area contributed by atoms with Crippen LogP contribution in [0.15, 0.2) is 23.2 Å². The third-order valence-electron chi connectivity index (χ3n) is 4.73. The lowest BCUT2D eigenvalue weighted by Gasteiger charge is -2.35. The zero-order valence-corrected chi connectivity index (χ0v) is 16.5. The van der Waals surface area contributed by atoms with E-state index in [1.54, 1.807) is 26.1 Å². The lowest BCUT2D eigenvalue weighted by Crippen LogP contribution is -2.50. The molecule has 1 aliphatic heterocycles. The number of nitrogens with zero attached hydrogens (tertiary/aromatic N) is 2. The van der Waals surface area contributed by atoms with Crippen molar-refractivity contribution in [2.24, 2.45) is 10.9 Å². The van der Waals surface area contributed by atoms with Crippen LogP contribution in [0.1, 0.15) is 31.4 Å². The predicted molar refractivity (Wildman–Crippen MR) is 105 cm³/mol. The predicted octanol–water partition coefficient (Wildman–Crippen LogP) is 2.55. The van der Waals surface area contributed by atoms with E-state index in [1.165, 1.54) is 0 Å².